The zero-order valence-corrected chi connectivity index (χ0v) is 16.4. The molecule has 1 atom stereocenters. The van der Waals surface area contributed by atoms with Gasteiger partial charge in [-0.3, -0.25) is 4.99 Å². The summed E-state index contributed by atoms with van der Waals surface area (Å²) in [4.78, 5) is 6.83. The fourth-order valence-electron chi connectivity index (χ4n) is 3.13. The van der Waals surface area contributed by atoms with Crippen molar-refractivity contribution in [2.75, 3.05) is 46.9 Å². The Labute approximate surface area is 156 Å². The van der Waals surface area contributed by atoms with E-state index in [1.54, 1.807) is 7.11 Å². The van der Waals surface area contributed by atoms with Crippen LogP contribution >= 0.6 is 11.6 Å². The Balaban J connectivity index is 1.74. The summed E-state index contributed by atoms with van der Waals surface area (Å²) in [5, 5.41) is 7.67. The normalized spacial score (nSPS) is 18.2. The predicted molar refractivity (Wildman–Crippen MR) is 105 cm³/mol. The monoisotopic (exact) mass is 366 g/mol. The second-order valence-electron chi connectivity index (χ2n) is 6.65. The Kier molecular flexibility index (Phi) is 8.52. The van der Waals surface area contributed by atoms with Crippen LogP contribution in [0.25, 0.3) is 0 Å². The lowest BCUT2D eigenvalue weighted by atomic mass is 9.97. The number of nitrogens with one attached hydrogen (secondary N) is 2. The summed E-state index contributed by atoms with van der Waals surface area (Å²) < 4.78 is 5.16. The van der Waals surface area contributed by atoms with Gasteiger partial charge < -0.3 is 20.3 Å². The molecule has 0 saturated carbocycles. The number of ether oxygens (including phenoxy) is 1. The zero-order chi connectivity index (χ0) is 18.1. The Morgan fingerprint density at radius 1 is 1.40 bits per heavy atom. The molecule has 6 heteroatoms. The maximum Gasteiger partial charge on any atom is 0.191 e. The first-order chi connectivity index (χ1) is 12.1. The number of hydrogen-bond donors (Lipinski definition) is 2. The van der Waals surface area contributed by atoms with E-state index in [-0.39, 0.29) is 6.04 Å². The van der Waals surface area contributed by atoms with E-state index in [9.17, 15) is 0 Å². The molecule has 1 aliphatic heterocycles. The number of methoxy groups -OCH3 is 1. The SMILES string of the molecule is CN=C(NCC1CCN(CCOC)CC1)NC(C)c1cccc(Cl)c1. The van der Waals surface area contributed by atoms with Crippen LogP contribution in [-0.2, 0) is 4.74 Å². The van der Waals surface area contributed by atoms with Crippen LogP contribution in [0.4, 0.5) is 0 Å². The Bertz CT molecular complexity index is 544. The third-order valence-corrected chi connectivity index (χ3v) is 5.04. The van der Waals surface area contributed by atoms with Crippen LogP contribution in [0, 0.1) is 5.92 Å². The standard InChI is InChI=1S/C19H31ClN4O/c1-15(17-5-4-6-18(20)13-17)23-19(21-2)22-14-16-7-9-24(10-8-16)11-12-25-3/h4-6,13,15-16H,7-12,14H2,1-3H3,(H2,21,22,23). The number of guanidine groups is 1. The van der Waals surface area contributed by atoms with Crippen molar-refractivity contribution in [3.05, 3.63) is 34.9 Å². The van der Waals surface area contributed by atoms with Crippen LogP contribution < -0.4 is 10.6 Å². The lowest BCUT2D eigenvalue weighted by Gasteiger charge is -2.32. The number of halogens is 1. The molecule has 0 amide bonds. The van der Waals surface area contributed by atoms with Crippen LogP contribution in [0.1, 0.15) is 31.4 Å². The maximum absolute atomic E-state index is 6.08. The summed E-state index contributed by atoms with van der Waals surface area (Å²) in [5.41, 5.74) is 1.15. The zero-order valence-electron chi connectivity index (χ0n) is 15.6. The van der Waals surface area contributed by atoms with Crippen molar-refractivity contribution in [2.24, 2.45) is 10.9 Å². The van der Waals surface area contributed by atoms with Gasteiger partial charge in [-0.25, -0.2) is 0 Å². The van der Waals surface area contributed by atoms with Crippen molar-refractivity contribution in [1.82, 2.24) is 15.5 Å². The molecule has 1 fully saturated rings. The van der Waals surface area contributed by atoms with E-state index >= 15 is 0 Å². The largest absolute Gasteiger partial charge is 0.383 e. The first-order valence-electron chi connectivity index (χ1n) is 9.06. The van der Waals surface area contributed by atoms with E-state index in [2.05, 4.69) is 33.5 Å². The Morgan fingerprint density at radius 3 is 2.80 bits per heavy atom. The van der Waals surface area contributed by atoms with Crippen LogP contribution in [0.2, 0.25) is 5.02 Å². The van der Waals surface area contributed by atoms with Crippen molar-refractivity contribution >= 4 is 17.6 Å². The van der Waals surface area contributed by atoms with Gasteiger partial charge in [-0.2, -0.15) is 0 Å². The van der Waals surface area contributed by atoms with Crippen molar-refractivity contribution in [2.45, 2.75) is 25.8 Å². The van der Waals surface area contributed by atoms with Gasteiger partial charge >= 0.3 is 0 Å². The maximum atomic E-state index is 6.08. The van der Waals surface area contributed by atoms with E-state index in [1.807, 2.05) is 25.2 Å². The molecule has 1 aromatic carbocycles. The molecule has 0 aromatic heterocycles. The van der Waals surface area contributed by atoms with Gasteiger partial charge in [0.1, 0.15) is 0 Å². The van der Waals surface area contributed by atoms with Crippen molar-refractivity contribution in [1.29, 1.82) is 0 Å². The molecule has 1 heterocycles. The van der Waals surface area contributed by atoms with Gasteiger partial charge in [0.25, 0.3) is 0 Å². The minimum Gasteiger partial charge on any atom is -0.383 e. The van der Waals surface area contributed by atoms with Crippen molar-refractivity contribution in [3.63, 3.8) is 0 Å². The van der Waals surface area contributed by atoms with Gasteiger partial charge in [0.15, 0.2) is 5.96 Å². The van der Waals surface area contributed by atoms with Gasteiger partial charge in [0, 0.05) is 32.3 Å². The van der Waals surface area contributed by atoms with Crippen LogP contribution in [0.5, 0.6) is 0 Å². The Hall–Kier alpha value is -1.30. The third-order valence-electron chi connectivity index (χ3n) is 4.80. The van der Waals surface area contributed by atoms with Gasteiger partial charge in [0.05, 0.1) is 12.6 Å². The number of nitrogens with zero attached hydrogens (tertiary/aromatic N) is 2. The summed E-state index contributed by atoms with van der Waals surface area (Å²) in [5.74, 6) is 1.54. The molecule has 140 valence electrons. The van der Waals surface area contributed by atoms with E-state index < -0.39 is 0 Å². The number of benzene rings is 1. The highest BCUT2D eigenvalue weighted by Crippen LogP contribution is 2.18. The minimum atomic E-state index is 0.154. The predicted octanol–water partition coefficient (Wildman–Crippen LogP) is 2.92. The average Bonchev–Trinajstić information content (AvgIpc) is 2.64. The van der Waals surface area contributed by atoms with E-state index in [0.29, 0.717) is 5.92 Å². The van der Waals surface area contributed by atoms with Crippen LogP contribution in [0.15, 0.2) is 29.3 Å². The molecule has 1 aromatic rings. The number of aliphatic imine (C=N–C) groups is 1. The summed E-state index contributed by atoms with van der Waals surface area (Å²) in [7, 11) is 3.58. The lowest BCUT2D eigenvalue weighted by Crippen LogP contribution is -2.43. The summed E-state index contributed by atoms with van der Waals surface area (Å²) in [6, 6.07) is 8.09. The topological polar surface area (TPSA) is 48.9 Å². The van der Waals surface area contributed by atoms with E-state index in [0.717, 1.165) is 49.3 Å². The second-order valence-corrected chi connectivity index (χ2v) is 7.09. The van der Waals surface area contributed by atoms with E-state index in [1.165, 1.54) is 12.8 Å². The average molecular weight is 367 g/mol. The summed E-state index contributed by atoms with van der Waals surface area (Å²) in [6.45, 7) is 7.24. The number of likely N-dealkylation sites (tertiary alicyclic amines) is 1. The van der Waals surface area contributed by atoms with Gasteiger partial charge in [-0.05, 0) is 56.5 Å². The highest BCUT2D eigenvalue weighted by Gasteiger charge is 2.19. The van der Waals surface area contributed by atoms with Crippen molar-refractivity contribution < 1.29 is 4.74 Å². The molecule has 0 spiro atoms. The third kappa shape index (κ3) is 6.84. The highest BCUT2D eigenvalue weighted by molar-refractivity contribution is 6.30. The molecular weight excluding hydrogens is 336 g/mol. The molecule has 1 aliphatic rings. The van der Waals surface area contributed by atoms with Gasteiger partial charge in [-0.1, -0.05) is 23.7 Å². The van der Waals surface area contributed by atoms with Crippen LogP contribution in [0.3, 0.4) is 0 Å². The molecule has 2 N–H and O–H groups in total. The molecule has 0 radical (unpaired) electrons. The smallest absolute Gasteiger partial charge is 0.191 e. The second kappa shape index (κ2) is 10.6. The number of rotatable bonds is 7. The number of piperidine rings is 1. The molecule has 1 unspecified atom stereocenters. The van der Waals surface area contributed by atoms with Crippen molar-refractivity contribution in [3.8, 4) is 0 Å². The number of hydrogen-bond acceptors (Lipinski definition) is 3. The fraction of sp³-hybridized carbons (Fsp3) is 0.632. The van der Waals surface area contributed by atoms with Gasteiger partial charge in [0.2, 0.25) is 0 Å². The molecule has 2 rings (SSSR count). The Morgan fingerprint density at radius 2 is 2.16 bits per heavy atom. The summed E-state index contributed by atoms with van der Waals surface area (Å²) in [6.07, 6.45) is 2.44. The molecular formula is C19H31ClN4O. The molecule has 1 saturated heterocycles. The minimum absolute atomic E-state index is 0.154. The van der Waals surface area contributed by atoms with Crippen LogP contribution in [-0.4, -0.2) is 57.8 Å². The molecule has 5 nitrogen and oxygen atoms in total. The first kappa shape index (κ1) is 20.0. The lowest BCUT2D eigenvalue weighted by molar-refractivity contribution is 0.121. The quantitative estimate of drug-likeness (QED) is 0.575. The first-order valence-corrected chi connectivity index (χ1v) is 9.44. The van der Waals surface area contributed by atoms with E-state index in [4.69, 9.17) is 16.3 Å². The fourth-order valence-corrected chi connectivity index (χ4v) is 3.33. The van der Waals surface area contributed by atoms with Gasteiger partial charge in [-0.15, -0.1) is 0 Å². The molecule has 25 heavy (non-hydrogen) atoms. The molecule has 0 aliphatic carbocycles. The highest BCUT2D eigenvalue weighted by atomic mass is 35.5. The molecule has 0 bridgehead atoms. The summed E-state index contributed by atoms with van der Waals surface area (Å²) >= 11 is 6.08.